The van der Waals surface area contributed by atoms with Crippen LogP contribution in [0.3, 0.4) is 0 Å². The van der Waals surface area contributed by atoms with Gasteiger partial charge in [0.15, 0.2) is 5.78 Å². The third-order valence-corrected chi connectivity index (χ3v) is 3.86. The second kappa shape index (κ2) is 6.92. The lowest BCUT2D eigenvalue weighted by Crippen LogP contribution is -2.17. The van der Waals surface area contributed by atoms with Crippen LogP contribution in [-0.2, 0) is 0 Å². The van der Waals surface area contributed by atoms with Gasteiger partial charge in [-0.2, -0.15) is 0 Å². The van der Waals surface area contributed by atoms with E-state index in [9.17, 15) is 9.59 Å². The molecule has 118 valence electrons. The molecule has 0 unspecified atom stereocenters. The zero-order chi connectivity index (χ0) is 16.9. The molecule has 0 fully saturated rings. The molecule has 0 spiro atoms. The highest BCUT2D eigenvalue weighted by Gasteiger charge is 2.04. The first-order chi connectivity index (χ1) is 11.7. The van der Waals surface area contributed by atoms with Crippen molar-refractivity contribution in [1.82, 2.24) is 5.32 Å². The molecule has 1 amide bonds. The van der Waals surface area contributed by atoms with Crippen LogP contribution >= 0.6 is 0 Å². The van der Waals surface area contributed by atoms with E-state index in [0.29, 0.717) is 11.1 Å². The van der Waals surface area contributed by atoms with Gasteiger partial charge in [-0.3, -0.25) is 9.59 Å². The fourth-order valence-corrected chi connectivity index (χ4v) is 2.50. The number of allylic oxidation sites excluding steroid dienone is 1. The summed E-state index contributed by atoms with van der Waals surface area (Å²) in [5.41, 5.74) is 2.12. The van der Waals surface area contributed by atoms with E-state index in [1.807, 2.05) is 54.6 Å². The van der Waals surface area contributed by atoms with Crippen LogP contribution in [-0.4, -0.2) is 18.7 Å². The highest BCUT2D eigenvalue weighted by atomic mass is 16.1. The summed E-state index contributed by atoms with van der Waals surface area (Å²) in [5, 5.41) is 4.74. The highest BCUT2D eigenvalue weighted by Crippen LogP contribution is 2.16. The average molecular weight is 315 g/mol. The average Bonchev–Trinajstić information content (AvgIpc) is 2.65. The molecule has 0 bridgehead atoms. The summed E-state index contributed by atoms with van der Waals surface area (Å²) < 4.78 is 0. The maximum absolute atomic E-state index is 12.3. The van der Waals surface area contributed by atoms with E-state index in [1.165, 1.54) is 0 Å². The number of fused-ring (bicyclic) bond motifs is 1. The van der Waals surface area contributed by atoms with Crippen molar-refractivity contribution in [2.45, 2.75) is 0 Å². The monoisotopic (exact) mass is 315 g/mol. The van der Waals surface area contributed by atoms with E-state index in [1.54, 1.807) is 31.3 Å². The quantitative estimate of drug-likeness (QED) is 0.582. The molecule has 0 saturated heterocycles. The summed E-state index contributed by atoms with van der Waals surface area (Å²) in [7, 11) is 1.60. The molecular weight excluding hydrogens is 298 g/mol. The maximum atomic E-state index is 12.3. The van der Waals surface area contributed by atoms with Gasteiger partial charge in [0.2, 0.25) is 0 Å². The van der Waals surface area contributed by atoms with Gasteiger partial charge in [0.05, 0.1) is 0 Å². The van der Waals surface area contributed by atoms with Crippen LogP contribution in [0, 0.1) is 0 Å². The van der Waals surface area contributed by atoms with Crippen molar-refractivity contribution >= 4 is 28.5 Å². The molecule has 0 aliphatic heterocycles. The molecule has 0 radical (unpaired) electrons. The number of amides is 1. The van der Waals surface area contributed by atoms with Gasteiger partial charge in [-0.25, -0.2) is 0 Å². The Hall–Kier alpha value is -3.20. The minimum absolute atomic E-state index is 0.0452. The number of benzene rings is 3. The summed E-state index contributed by atoms with van der Waals surface area (Å²) in [4.78, 5) is 23.8. The number of carbonyl (C=O) groups is 2. The molecule has 3 nitrogen and oxygen atoms in total. The Kier molecular flexibility index (Phi) is 4.52. The largest absolute Gasteiger partial charge is 0.355 e. The Balaban J connectivity index is 1.77. The summed E-state index contributed by atoms with van der Waals surface area (Å²) in [6, 6.07) is 20.7. The minimum Gasteiger partial charge on any atom is -0.355 e. The molecule has 3 rings (SSSR count). The standard InChI is InChI=1S/C21H17NO2/c1-22-21(24)17-9-6-15(7-10-17)8-13-20(23)19-12-11-16-4-2-3-5-18(16)14-19/h2-14H,1H3,(H,22,24)/b13-8+. The van der Waals surface area contributed by atoms with Crippen LogP contribution in [0.2, 0.25) is 0 Å². The topological polar surface area (TPSA) is 46.2 Å². The van der Waals surface area contributed by atoms with E-state index >= 15 is 0 Å². The van der Waals surface area contributed by atoms with Crippen molar-refractivity contribution in [2.24, 2.45) is 0 Å². The number of ketones is 1. The first-order valence-corrected chi connectivity index (χ1v) is 7.71. The summed E-state index contributed by atoms with van der Waals surface area (Å²) in [6.45, 7) is 0. The van der Waals surface area contributed by atoms with Crippen LogP contribution in [0.1, 0.15) is 26.3 Å². The number of hydrogen-bond acceptors (Lipinski definition) is 2. The normalized spacial score (nSPS) is 10.9. The molecule has 3 aromatic carbocycles. The van der Waals surface area contributed by atoms with Crippen molar-refractivity contribution in [3.05, 3.63) is 89.5 Å². The summed E-state index contributed by atoms with van der Waals surface area (Å²) in [5.74, 6) is -0.172. The lowest BCUT2D eigenvalue weighted by molar-refractivity contribution is 0.0962. The lowest BCUT2D eigenvalue weighted by Gasteiger charge is -2.01. The van der Waals surface area contributed by atoms with E-state index < -0.39 is 0 Å². The number of nitrogens with one attached hydrogen (secondary N) is 1. The van der Waals surface area contributed by atoms with Gasteiger partial charge in [-0.1, -0.05) is 54.6 Å². The molecule has 0 aliphatic rings. The van der Waals surface area contributed by atoms with E-state index in [-0.39, 0.29) is 11.7 Å². The predicted molar refractivity (Wildman–Crippen MR) is 97.1 cm³/mol. The van der Waals surface area contributed by atoms with Crippen LogP contribution in [0.25, 0.3) is 16.8 Å². The van der Waals surface area contributed by atoms with Gasteiger partial charge in [0, 0.05) is 18.2 Å². The Bertz CT molecular complexity index is 924. The van der Waals surface area contributed by atoms with Gasteiger partial charge in [-0.15, -0.1) is 0 Å². The first kappa shape index (κ1) is 15.7. The van der Waals surface area contributed by atoms with Crippen LogP contribution < -0.4 is 5.32 Å². The zero-order valence-electron chi connectivity index (χ0n) is 13.3. The third-order valence-electron chi connectivity index (χ3n) is 3.86. The van der Waals surface area contributed by atoms with Crippen LogP contribution in [0.15, 0.2) is 72.8 Å². The van der Waals surface area contributed by atoms with Crippen LogP contribution in [0.5, 0.6) is 0 Å². The number of carbonyl (C=O) groups excluding carboxylic acids is 2. The van der Waals surface area contributed by atoms with Gasteiger partial charge in [0.1, 0.15) is 0 Å². The second-order valence-corrected chi connectivity index (χ2v) is 5.46. The Morgan fingerprint density at radius 1 is 0.833 bits per heavy atom. The van der Waals surface area contributed by atoms with E-state index in [2.05, 4.69) is 5.32 Å². The Morgan fingerprint density at radius 3 is 2.21 bits per heavy atom. The lowest BCUT2D eigenvalue weighted by atomic mass is 10.0. The second-order valence-electron chi connectivity index (χ2n) is 5.46. The Morgan fingerprint density at radius 2 is 1.50 bits per heavy atom. The minimum atomic E-state index is -0.127. The molecule has 0 saturated carbocycles. The number of hydrogen-bond donors (Lipinski definition) is 1. The molecule has 0 aromatic heterocycles. The Labute approximate surface area is 140 Å². The van der Waals surface area contributed by atoms with Crippen LogP contribution in [0.4, 0.5) is 0 Å². The van der Waals surface area contributed by atoms with Gasteiger partial charge < -0.3 is 5.32 Å². The zero-order valence-corrected chi connectivity index (χ0v) is 13.3. The predicted octanol–water partition coefficient (Wildman–Crippen LogP) is 4.10. The van der Waals surface area contributed by atoms with Crippen molar-refractivity contribution in [2.75, 3.05) is 7.05 Å². The third kappa shape index (κ3) is 3.41. The van der Waals surface area contributed by atoms with Gasteiger partial charge >= 0.3 is 0 Å². The van der Waals surface area contributed by atoms with Gasteiger partial charge in [-0.05, 0) is 40.6 Å². The fourth-order valence-electron chi connectivity index (χ4n) is 2.50. The van der Waals surface area contributed by atoms with Crippen molar-refractivity contribution in [1.29, 1.82) is 0 Å². The fraction of sp³-hybridized carbons (Fsp3) is 0.0476. The van der Waals surface area contributed by atoms with Gasteiger partial charge in [0.25, 0.3) is 5.91 Å². The maximum Gasteiger partial charge on any atom is 0.251 e. The van der Waals surface area contributed by atoms with Crippen molar-refractivity contribution in [3.8, 4) is 0 Å². The smallest absolute Gasteiger partial charge is 0.251 e. The molecule has 24 heavy (non-hydrogen) atoms. The van der Waals surface area contributed by atoms with Crippen molar-refractivity contribution in [3.63, 3.8) is 0 Å². The van der Waals surface area contributed by atoms with E-state index in [0.717, 1.165) is 16.3 Å². The molecule has 3 aromatic rings. The van der Waals surface area contributed by atoms with E-state index in [4.69, 9.17) is 0 Å². The number of rotatable bonds is 4. The molecule has 1 N–H and O–H groups in total. The first-order valence-electron chi connectivity index (χ1n) is 7.71. The molecule has 0 heterocycles. The SMILES string of the molecule is CNC(=O)c1ccc(/C=C/C(=O)c2ccc3ccccc3c2)cc1. The summed E-state index contributed by atoms with van der Waals surface area (Å²) in [6.07, 6.45) is 3.31. The molecule has 0 atom stereocenters. The van der Waals surface area contributed by atoms with Crippen molar-refractivity contribution < 1.29 is 9.59 Å². The molecule has 3 heteroatoms. The molecular formula is C21H17NO2. The molecule has 0 aliphatic carbocycles. The highest BCUT2D eigenvalue weighted by molar-refractivity contribution is 6.08. The summed E-state index contributed by atoms with van der Waals surface area (Å²) >= 11 is 0.